The molecule has 0 fully saturated rings. The van der Waals surface area contributed by atoms with Crippen LogP contribution in [0.4, 0.5) is 26.3 Å². The number of nitrogens with zero attached hydrogens (tertiary/aromatic N) is 2. The molecule has 0 radical (unpaired) electrons. The topological polar surface area (TPSA) is 114 Å². The van der Waals surface area contributed by atoms with Gasteiger partial charge >= 0.3 is 19.8 Å². The predicted molar refractivity (Wildman–Crippen MR) is 101 cm³/mol. The number of alkyl halides is 6. The molecule has 0 aliphatic carbocycles. The van der Waals surface area contributed by atoms with Crippen LogP contribution in [0.3, 0.4) is 0 Å². The van der Waals surface area contributed by atoms with Gasteiger partial charge in [-0.3, -0.25) is 0 Å². The van der Waals surface area contributed by atoms with Gasteiger partial charge in [0.25, 0.3) is 0 Å². The van der Waals surface area contributed by atoms with Gasteiger partial charge in [0.2, 0.25) is 6.17 Å². The monoisotopic (exact) mass is 536 g/mol. The average molecular weight is 537 g/mol. The highest BCUT2D eigenvalue weighted by atomic mass is 32.3. The van der Waals surface area contributed by atoms with E-state index in [9.17, 15) is 43.2 Å². The highest BCUT2D eigenvalue weighted by Gasteiger charge is 2.47. The van der Waals surface area contributed by atoms with Crippen molar-refractivity contribution in [3.63, 3.8) is 0 Å². The van der Waals surface area contributed by atoms with Crippen molar-refractivity contribution in [2.24, 2.45) is 0 Å². The molecule has 18 heteroatoms. The minimum Gasteiger partial charge on any atom is -0.421 e. The Morgan fingerprint density at radius 2 is 1.31 bits per heavy atom. The zero-order valence-electron chi connectivity index (χ0n) is 17.4. The fourth-order valence-electron chi connectivity index (χ4n) is 2.02. The van der Waals surface area contributed by atoms with Crippen LogP contribution in [0.25, 0.3) is 4.13 Å². The molecular formula is C14H22F6N2O7S2Si. The van der Waals surface area contributed by atoms with Gasteiger partial charge in [0, 0.05) is 39.4 Å². The van der Waals surface area contributed by atoms with E-state index in [-0.39, 0.29) is 0 Å². The Hall–Kier alpha value is -1.31. The zero-order valence-corrected chi connectivity index (χ0v) is 20.1. The van der Waals surface area contributed by atoms with Crippen LogP contribution in [0.5, 0.6) is 0 Å². The number of hydrogen-bond donors (Lipinski definition) is 0. The summed E-state index contributed by atoms with van der Waals surface area (Å²) in [6.45, 7) is 4.34. The molecule has 9 nitrogen and oxygen atoms in total. The van der Waals surface area contributed by atoms with Crippen molar-refractivity contribution < 1.29 is 61.0 Å². The lowest BCUT2D eigenvalue weighted by molar-refractivity contribution is -0.693. The molecule has 0 aliphatic heterocycles. The molecule has 0 bridgehead atoms. The first-order valence-electron chi connectivity index (χ1n) is 8.29. The highest BCUT2D eigenvalue weighted by molar-refractivity contribution is 8.13. The molecule has 1 heterocycles. The summed E-state index contributed by atoms with van der Waals surface area (Å²) in [7, 11) is -11.1. The summed E-state index contributed by atoms with van der Waals surface area (Å²) < 4.78 is 128. The van der Waals surface area contributed by atoms with E-state index in [1.807, 2.05) is 18.3 Å². The van der Waals surface area contributed by atoms with Crippen molar-refractivity contribution in [3.8, 4) is 0 Å². The summed E-state index contributed by atoms with van der Waals surface area (Å²) in [6, 6.07) is 6.16. The van der Waals surface area contributed by atoms with Gasteiger partial charge in [-0.15, -0.1) is 0 Å². The fourth-order valence-corrected chi connectivity index (χ4v) is 5.33. The molecule has 0 aromatic carbocycles. The number of halogens is 6. The summed E-state index contributed by atoms with van der Waals surface area (Å²) in [5.41, 5.74) is -11.2. The van der Waals surface area contributed by atoms with E-state index in [1.165, 1.54) is 5.69 Å². The molecule has 1 rings (SSSR count). The first-order chi connectivity index (χ1) is 14.3. The Bertz CT molecular complexity index is 899. The van der Waals surface area contributed by atoms with Crippen molar-refractivity contribution in [2.75, 3.05) is 21.3 Å². The Labute approximate surface area is 182 Å². The third kappa shape index (κ3) is 8.23. The van der Waals surface area contributed by atoms with Gasteiger partial charge in [-0.2, -0.15) is 30.9 Å². The number of sulfonamides is 2. The largest absolute Gasteiger partial charge is 0.569 e. The Kier molecular flexibility index (Phi) is 10.7. The van der Waals surface area contributed by atoms with Crippen molar-refractivity contribution in [3.05, 3.63) is 34.2 Å². The molecule has 0 N–H and O–H groups in total. The summed E-state index contributed by atoms with van der Waals surface area (Å²) >= 11 is 0. The van der Waals surface area contributed by atoms with Crippen LogP contribution in [-0.4, -0.2) is 58.0 Å². The summed E-state index contributed by atoms with van der Waals surface area (Å²) in [6.07, 6.45) is 2.67. The zero-order chi connectivity index (χ0) is 25.6. The SMILES string of the molecule is CO[Si](C[n+]1ccccc1C(C)C)(OC)OC.O=S(=O)([N-]S(=O)(=O)C(F)(F)F)C(F)(F)F. The summed E-state index contributed by atoms with van der Waals surface area (Å²) in [5, 5.41) is 0. The molecular weight excluding hydrogens is 514 g/mol. The third-order valence-corrected chi connectivity index (χ3v) is 8.98. The highest BCUT2D eigenvalue weighted by Crippen LogP contribution is 2.36. The second-order valence-electron chi connectivity index (χ2n) is 6.12. The van der Waals surface area contributed by atoms with E-state index in [4.69, 9.17) is 13.3 Å². The average Bonchev–Trinajstić information content (AvgIpc) is 2.64. The number of aromatic nitrogens is 1. The van der Waals surface area contributed by atoms with Crippen LogP contribution in [-0.2, 0) is 39.5 Å². The molecule has 0 aliphatic rings. The van der Waals surface area contributed by atoms with E-state index in [1.54, 1.807) is 21.3 Å². The van der Waals surface area contributed by atoms with Gasteiger partial charge in [0.05, 0.1) is 0 Å². The van der Waals surface area contributed by atoms with E-state index in [0.717, 1.165) is 4.13 Å². The number of pyridine rings is 1. The van der Waals surface area contributed by atoms with Crippen LogP contribution in [0, 0.1) is 0 Å². The lowest BCUT2D eigenvalue weighted by atomic mass is 10.1. The third-order valence-electron chi connectivity index (χ3n) is 3.65. The van der Waals surface area contributed by atoms with Gasteiger partial charge in [0.1, 0.15) is 0 Å². The first-order valence-corrected chi connectivity index (χ1v) is 13.1. The van der Waals surface area contributed by atoms with Crippen LogP contribution >= 0.6 is 0 Å². The van der Waals surface area contributed by atoms with Gasteiger partial charge in [-0.25, -0.2) is 16.8 Å². The van der Waals surface area contributed by atoms with E-state index in [0.29, 0.717) is 12.1 Å². The van der Waals surface area contributed by atoms with E-state index >= 15 is 0 Å². The summed E-state index contributed by atoms with van der Waals surface area (Å²) in [5.74, 6) is 0.452. The van der Waals surface area contributed by atoms with E-state index in [2.05, 4.69) is 24.5 Å². The predicted octanol–water partition coefficient (Wildman–Crippen LogP) is 2.57. The quantitative estimate of drug-likeness (QED) is 0.285. The maximum absolute atomic E-state index is 11.4. The van der Waals surface area contributed by atoms with Crippen LogP contribution < -0.4 is 4.57 Å². The van der Waals surface area contributed by atoms with Crippen molar-refractivity contribution in [2.45, 2.75) is 37.0 Å². The number of hydrogen-bond acceptors (Lipinski definition) is 7. The molecule has 1 aromatic rings. The van der Waals surface area contributed by atoms with Crippen molar-refractivity contribution in [1.29, 1.82) is 0 Å². The molecule has 0 spiro atoms. The molecule has 0 saturated heterocycles. The van der Waals surface area contributed by atoms with Crippen LogP contribution in [0.15, 0.2) is 24.4 Å². The maximum atomic E-state index is 11.4. The summed E-state index contributed by atoms with van der Waals surface area (Å²) in [4.78, 5) is 0. The Balaban J connectivity index is 0.000000607. The first kappa shape index (κ1) is 30.7. The lowest BCUT2D eigenvalue weighted by Crippen LogP contribution is -2.57. The van der Waals surface area contributed by atoms with Gasteiger partial charge in [0.15, 0.2) is 31.9 Å². The smallest absolute Gasteiger partial charge is 0.421 e. The minimum absolute atomic E-state index is 0.452. The Morgan fingerprint density at radius 1 is 0.906 bits per heavy atom. The maximum Gasteiger partial charge on any atom is 0.569 e. The molecule has 188 valence electrons. The van der Waals surface area contributed by atoms with Crippen molar-refractivity contribution >= 4 is 28.9 Å². The Morgan fingerprint density at radius 3 is 1.62 bits per heavy atom. The molecule has 0 atom stereocenters. The fraction of sp³-hybridized carbons (Fsp3) is 0.643. The lowest BCUT2D eigenvalue weighted by Gasteiger charge is -2.22. The normalized spacial score (nSPS) is 13.6. The van der Waals surface area contributed by atoms with Gasteiger partial charge < -0.3 is 17.4 Å². The molecule has 0 amide bonds. The van der Waals surface area contributed by atoms with Crippen LogP contribution in [0.2, 0.25) is 0 Å². The van der Waals surface area contributed by atoms with Gasteiger partial charge in [-0.1, -0.05) is 19.9 Å². The molecule has 0 unspecified atom stereocenters. The molecule has 32 heavy (non-hydrogen) atoms. The molecule has 1 aromatic heterocycles. The second-order valence-corrected chi connectivity index (χ2v) is 12.4. The van der Waals surface area contributed by atoms with Crippen molar-refractivity contribution in [1.82, 2.24) is 0 Å². The minimum atomic E-state index is -6.72. The standard InChI is InChI=1S/C12H22NO3Si.C2F6NO4S2/c1-11(2)12-8-6-7-9-13(12)10-17(14-3,15-4)16-5;3-1(4,5)14(10,11)9-15(12,13)2(6,7)8/h6-9,11H,10H2,1-5H3;/q+1;-1. The van der Waals surface area contributed by atoms with Gasteiger partial charge in [-0.05, 0) is 0 Å². The van der Waals surface area contributed by atoms with Crippen LogP contribution in [0.1, 0.15) is 25.5 Å². The molecule has 0 saturated carbocycles. The second kappa shape index (κ2) is 11.2. The number of rotatable bonds is 8. The van der Waals surface area contributed by atoms with E-state index < -0.39 is 39.9 Å².